The third-order valence-corrected chi connectivity index (χ3v) is 3.40. The molecule has 3 nitrogen and oxygen atoms in total. The second-order valence-electron chi connectivity index (χ2n) is 4.20. The smallest absolute Gasteiger partial charge is 0.173 e. The van der Waals surface area contributed by atoms with E-state index in [0.29, 0.717) is 27.7 Å². The number of nitrogens with zero attached hydrogens (tertiary/aromatic N) is 2. The predicted octanol–water partition coefficient (Wildman–Crippen LogP) is 4.33. The van der Waals surface area contributed by atoms with Crippen molar-refractivity contribution in [3.63, 3.8) is 0 Å². The molecule has 0 spiro atoms. The highest BCUT2D eigenvalue weighted by atomic mass is 35.5. The zero-order valence-electron chi connectivity index (χ0n) is 10.6. The molecule has 0 saturated carbocycles. The van der Waals surface area contributed by atoms with Gasteiger partial charge in [0.25, 0.3) is 0 Å². The number of allylic oxidation sites excluding steroid dienone is 1. The van der Waals surface area contributed by atoms with Crippen molar-refractivity contribution in [2.24, 2.45) is 0 Å². The molecule has 1 unspecified atom stereocenters. The standard InChI is InChI=1S/C15H12Cl2N2O/c1-2-3-12(14-9-18-6-7-19-14)15(20)11-5-4-10(16)8-13(11)17/h2,4-9,12H,1,3H2. The van der Waals surface area contributed by atoms with Gasteiger partial charge in [0.05, 0.1) is 16.6 Å². The molecule has 1 heterocycles. The van der Waals surface area contributed by atoms with E-state index in [2.05, 4.69) is 16.5 Å². The summed E-state index contributed by atoms with van der Waals surface area (Å²) >= 11 is 11.9. The average molecular weight is 307 g/mol. The van der Waals surface area contributed by atoms with Crippen molar-refractivity contribution >= 4 is 29.0 Å². The minimum atomic E-state index is -0.445. The molecule has 0 radical (unpaired) electrons. The first kappa shape index (κ1) is 14.7. The van der Waals surface area contributed by atoms with Crippen molar-refractivity contribution in [2.75, 3.05) is 0 Å². The van der Waals surface area contributed by atoms with Crippen LogP contribution in [-0.4, -0.2) is 15.8 Å². The van der Waals surface area contributed by atoms with E-state index in [0.717, 1.165) is 0 Å². The van der Waals surface area contributed by atoms with Crippen LogP contribution in [-0.2, 0) is 0 Å². The first-order chi connectivity index (χ1) is 9.63. The lowest BCUT2D eigenvalue weighted by atomic mass is 9.92. The molecule has 0 N–H and O–H groups in total. The molecular weight excluding hydrogens is 295 g/mol. The number of benzene rings is 1. The molecule has 0 aliphatic rings. The van der Waals surface area contributed by atoms with Crippen LogP contribution in [0.3, 0.4) is 0 Å². The SMILES string of the molecule is C=CCC(C(=O)c1ccc(Cl)cc1Cl)c1cnccn1. The molecule has 20 heavy (non-hydrogen) atoms. The molecule has 0 aliphatic carbocycles. The highest BCUT2D eigenvalue weighted by molar-refractivity contribution is 6.37. The Morgan fingerprint density at radius 2 is 2.15 bits per heavy atom. The Morgan fingerprint density at radius 1 is 1.35 bits per heavy atom. The quantitative estimate of drug-likeness (QED) is 0.610. The Hall–Kier alpha value is -1.71. The topological polar surface area (TPSA) is 42.9 Å². The second-order valence-corrected chi connectivity index (χ2v) is 5.04. The fourth-order valence-electron chi connectivity index (χ4n) is 1.90. The van der Waals surface area contributed by atoms with Gasteiger partial charge < -0.3 is 0 Å². The van der Waals surface area contributed by atoms with E-state index in [1.54, 1.807) is 42.9 Å². The van der Waals surface area contributed by atoms with Gasteiger partial charge in [-0.05, 0) is 24.6 Å². The van der Waals surface area contributed by atoms with Crippen LogP contribution >= 0.6 is 23.2 Å². The van der Waals surface area contributed by atoms with Gasteiger partial charge in [-0.25, -0.2) is 0 Å². The summed E-state index contributed by atoms with van der Waals surface area (Å²) in [6, 6.07) is 4.82. The number of ketones is 1. The molecule has 0 amide bonds. The molecule has 1 aromatic carbocycles. The molecule has 102 valence electrons. The zero-order valence-corrected chi connectivity index (χ0v) is 12.1. The van der Waals surface area contributed by atoms with Crippen LogP contribution in [0.5, 0.6) is 0 Å². The van der Waals surface area contributed by atoms with Crippen LogP contribution in [0, 0.1) is 0 Å². The number of Topliss-reactive ketones (excluding diaryl/α,β-unsaturated/α-hetero) is 1. The van der Waals surface area contributed by atoms with Crippen LogP contribution < -0.4 is 0 Å². The Morgan fingerprint density at radius 3 is 2.75 bits per heavy atom. The normalized spacial score (nSPS) is 11.9. The molecule has 2 rings (SSSR count). The maximum absolute atomic E-state index is 12.6. The summed E-state index contributed by atoms with van der Waals surface area (Å²) < 4.78 is 0. The Balaban J connectivity index is 2.39. The van der Waals surface area contributed by atoms with E-state index < -0.39 is 5.92 Å². The van der Waals surface area contributed by atoms with Gasteiger partial charge in [-0.2, -0.15) is 0 Å². The molecule has 1 aromatic heterocycles. The van der Waals surface area contributed by atoms with Gasteiger partial charge in [0, 0.05) is 29.2 Å². The van der Waals surface area contributed by atoms with Crippen LogP contribution in [0.1, 0.15) is 28.4 Å². The molecule has 0 aliphatic heterocycles. The van der Waals surface area contributed by atoms with E-state index in [9.17, 15) is 4.79 Å². The molecular formula is C15H12Cl2N2O. The fraction of sp³-hybridized carbons (Fsp3) is 0.133. The van der Waals surface area contributed by atoms with Gasteiger partial charge in [-0.3, -0.25) is 14.8 Å². The lowest BCUT2D eigenvalue weighted by Crippen LogP contribution is -2.14. The number of rotatable bonds is 5. The van der Waals surface area contributed by atoms with Gasteiger partial charge in [0.1, 0.15) is 0 Å². The zero-order chi connectivity index (χ0) is 14.5. The number of carbonyl (C=O) groups excluding carboxylic acids is 1. The van der Waals surface area contributed by atoms with Gasteiger partial charge in [-0.15, -0.1) is 6.58 Å². The third-order valence-electron chi connectivity index (χ3n) is 2.86. The van der Waals surface area contributed by atoms with Crippen LogP contribution in [0.4, 0.5) is 0 Å². The summed E-state index contributed by atoms with van der Waals surface area (Å²) in [5, 5.41) is 0.826. The average Bonchev–Trinajstić information content (AvgIpc) is 2.45. The number of halogens is 2. The maximum atomic E-state index is 12.6. The van der Waals surface area contributed by atoms with Crippen molar-refractivity contribution in [1.82, 2.24) is 9.97 Å². The van der Waals surface area contributed by atoms with Gasteiger partial charge in [-0.1, -0.05) is 29.3 Å². The van der Waals surface area contributed by atoms with Gasteiger partial charge in [0.2, 0.25) is 0 Å². The van der Waals surface area contributed by atoms with Crippen molar-refractivity contribution in [2.45, 2.75) is 12.3 Å². The number of hydrogen-bond acceptors (Lipinski definition) is 3. The monoisotopic (exact) mass is 306 g/mol. The maximum Gasteiger partial charge on any atom is 0.173 e. The molecule has 0 saturated heterocycles. The highest BCUT2D eigenvalue weighted by Crippen LogP contribution is 2.28. The van der Waals surface area contributed by atoms with Crippen molar-refractivity contribution in [3.05, 3.63) is 70.7 Å². The van der Waals surface area contributed by atoms with E-state index >= 15 is 0 Å². The summed E-state index contributed by atoms with van der Waals surface area (Å²) in [6.45, 7) is 3.68. The van der Waals surface area contributed by atoms with Crippen molar-refractivity contribution in [1.29, 1.82) is 0 Å². The van der Waals surface area contributed by atoms with Crippen LogP contribution in [0.2, 0.25) is 10.0 Å². The number of aromatic nitrogens is 2. The van der Waals surface area contributed by atoms with E-state index in [4.69, 9.17) is 23.2 Å². The molecule has 1 atom stereocenters. The van der Waals surface area contributed by atoms with E-state index in [-0.39, 0.29) is 5.78 Å². The lowest BCUT2D eigenvalue weighted by Gasteiger charge is -2.14. The Kier molecular flexibility index (Phi) is 4.88. The first-order valence-electron chi connectivity index (χ1n) is 5.99. The summed E-state index contributed by atoms with van der Waals surface area (Å²) in [5.41, 5.74) is 1.02. The van der Waals surface area contributed by atoms with Gasteiger partial charge >= 0.3 is 0 Å². The summed E-state index contributed by atoms with van der Waals surface area (Å²) in [5.74, 6) is -0.563. The summed E-state index contributed by atoms with van der Waals surface area (Å²) in [6.07, 6.45) is 6.85. The summed E-state index contributed by atoms with van der Waals surface area (Å²) in [7, 11) is 0. The number of hydrogen-bond donors (Lipinski definition) is 0. The highest BCUT2D eigenvalue weighted by Gasteiger charge is 2.24. The minimum Gasteiger partial charge on any atom is -0.293 e. The molecule has 2 aromatic rings. The Labute approximate surface area is 127 Å². The largest absolute Gasteiger partial charge is 0.293 e. The molecule has 0 bridgehead atoms. The second kappa shape index (κ2) is 6.64. The Bertz CT molecular complexity index is 629. The summed E-state index contributed by atoms with van der Waals surface area (Å²) in [4.78, 5) is 20.8. The lowest BCUT2D eigenvalue weighted by molar-refractivity contribution is 0.0958. The van der Waals surface area contributed by atoms with E-state index in [1.165, 1.54) is 0 Å². The van der Waals surface area contributed by atoms with Crippen molar-refractivity contribution < 1.29 is 4.79 Å². The van der Waals surface area contributed by atoms with Crippen LogP contribution in [0.25, 0.3) is 0 Å². The predicted molar refractivity (Wildman–Crippen MR) is 80.4 cm³/mol. The van der Waals surface area contributed by atoms with E-state index in [1.807, 2.05) is 0 Å². The molecule has 0 fully saturated rings. The number of carbonyl (C=O) groups is 1. The molecule has 5 heteroatoms. The van der Waals surface area contributed by atoms with Crippen molar-refractivity contribution in [3.8, 4) is 0 Å². The fourth-order valence-corrected chi connectivity index (χ4v) is 2.40. The third kappa shape index (κ3) is 3.24. The van der Waals surface area contributed by atoms with Crippen LogP contribution in [0.15, 0.2) is 49.4 Å². The minimum absolute atomic E-state index is 0.118. The first-order valence-corrected chi connectivity index (χ1v) is 6.75. The van der Waals surface area contributed by atoms with Gasteiger partial charge in [0.15, 0.2) is 5.78 Å².